The first-order valence-electron chi connectivity index (χ1n) is 8.02. The second kappa shape index (κ2) is 6.34. The average Bonchev–Trinajstić information content (AvgIpc) is 3.26. The van der Waals surface area contributed by atoms with Gasteiger partial charge in [0.05, 0.1) is 6.04 Å². The van der Waals surface area contributed by atoms with Crippen LogP contribution in [-0.2, 0) is 13.0 Å². The van der Waals surface area contributed by atoms with Crippen molar-refractivity contribution in [2.45, 2.75) is 52.1 Å². The van der Waals surface area contributed by atoms with Gasteiger partial charge in [0.1, 0.15) is 17.1 Å². The maximum Gasteiger partial charge on any atom is 0.274 e. The van der Waals surface area contributed by atoms with Crippen LogP contribution in [0.25, 0.3) is 0 Å². The minimum absolute atomic E-state index is 0.00799. The van der Waals surface area contributed by atoms with Gasteiger partial charge in [-0.05, 0) is 32.3 Å². The van der Waals surface area contributed by atoms with Gasteiger partial charge in [-0.15, -0.1) is 0 Å². The predicted molar refractivity (Wildman–Crippen MR) is 81.4 cm³/mol. The van der Waals surface area contributed by atoms with Crippen molar-refractivity contribution in [2.24, 2.45) is 0 Å². The van der Waals surface area contributed by atoms with Gasteiger partial charge in [-0.1, -0.05) is 12.1 Å². The first-order chi connectivity index (χ1) is 10.7. The molecule has 0 aliphatic carbocycles. The first kappa shape index (κ1) is 14.8. The van der Waals surface area contributed by atoms with Crippen LogP contribution in [0.15, 0.2) is 22.9 Å². The van der Waals surface area contributed by atoms with Crippen LogP contribution in [0.5, 0.6) is 0 Å². The van der Waals surface area contributed by atoms with Gasteiger partial charge < -0.3 is 9.42 Å². The molecule has 1 saturated heterocycles. The monoisotopic (exact) mass is 302 g/mol. The summed E-state index contributed by atoms with van der Waals surface area (Å²) in [5.74, 6) is 0.877. The van der Waals surface area contributed by atoms with Gasteiger partial charge in [-0.25, -0.2) is 0 Å². The zero-order valence-electron chi connectivity index (χ0n) is 13.2. The lowest BCUT2D eigenvalue weighted by atomic mass is 10.1. The number of carbonyl (C=O) groups excluding carboxylic acids is 1. The molecule has 0 spiro atoms. The number of aromatic nitrogens is 3. The zero-order chi connectivity index (χ0) is 15.5. The smallest absolute Gasteiger partial charge is 0.274 e. The standard InChI is InChI=1S/C16H22N4O2/c1-3-6-12-11-14(18-22-12)15-7-5-9-20(15)16(21)13-8-10-19(4-2)17-13/h8,10-11,15H,3-7,9H2,1-2H3/t15-/m0/s1. The molecule has 0 unspecified atom stereocenters. The van der Waals surface area contributed by atoms with Gasteiger partial charge in [-0.3, -0.25) is 9.48 Å². The number of rotatable bonds is 5. The van der Waals surface area contributed by atoms with Gasteiger partial charge >= 0.3 is 0 Å². The number of amides is 1. The summed E-state index contributed by atoms with van der Waals surface area (Å²) < 4.78 is 7.14. The van der Waals surface area contributed by atoms with Gasteiger partial charge in [-0.2, -0.15) is 5.10 Å². The minimum Gasteiger partial charge on any atom is -0.361 e. The van der Waals surface area contributed by atoms with Gasteiger partial charge in [0.2, 0.25) is 0 Å². The van der Waals surface area contributed by atoms with Crippen molar-refractivity contribution in [3.05, 3.63) is 35.5 Å². The summed E-state index contributed by atoms with van der Waals surface area (Å²) in [6.07, 6.45) is 5.66. The Morgan fingerprint density at radius 2 is 2.32 bits per heavy atom. The molecule has 0 aromatic carbocycles. The van der Waals surface area contributed by atoms with Crippen molar-refractivity contribution in [1.29, 1.82) is 0 Å². The molecule has 0 saturated carbocycles. The molecule has 118 valence electrons. The van der Waals surface area contributed by atoms with Crippen molar-refractivity contribution >= 4 is 5.91 Å². The van der Waals surface area contributed by atoms with E-state index in [1.807, 2.05) is 24.1 Å². The molecule has 1 amide bonds. The van der Waals surface area contributed by atoms with Crippen LogP contribution in [0.4, 0.5) is 0 Å². The largest absolute Gasteiger partial charge is 0.361 e. The molecular weight excluding hydrogens is 280 g/mol. The van der Waals surface area contributed by atoms with Gasteiger partial charge in [0, 0.05) is 31.8 Å². The van der Waals surface area contributed by atoms with E-state index in [2.05, 4.69) is 17.2 Å². The Morgan fingerprint density at radius 1 is 1.45 bits per heavy atom. The molecule has 6 heteroatoms. The Labute approximate surface area is 130 Å². The SMILES string of the molecule is CCCc1cc([C@@H]2CCCN2C(=O)c2ccn(CC)n2)no1. The van der Waals surface area contributed by atoms with E-state index in [4.69, 9.17) is 4.52 Å². The van der Waals surface area contributed by atoms with Crippen LogP contribution in [0.2, 0.25) is 0 Å². The molecule has 22 heavy (non-hydrogen) atoms. The summed E-state index contributed by atoms with van der Waals surface area (Å²) in [5, 5.41) is 8.49. The minimum atomic E-state index is -0.0188. The van der Waals surface area contributed by atoms with E-state index < -0.39 is 0 Å². The Kier molecular flexibility index (Phi) is 4.27. The molecule has 3 heterocycles. The molecule has 3 rings (SSSR count). The van der Waals surface area contributed by atoms with E-state index in [1.54, 1.807) is 10.7 Å². The summed E-state index contributed by atoms with van der Waals surface area (Å²) in [4.78, 5) is 14.6. The molecule has 0 N–H and O–H groups in total. The van der Waals surface area contributed by atoms with Crippen molar-refractivity contribution in [3.63, 3.8) is 0 Å². The first-order valence-corrected chi connectivity index (χ1v) is 8.02. The molecule has 0 radical (unpaired) electrons. The highest BCUT2D eigenvalue weighted by Gasteiger charge is 2.33. The molecule has 2 aromatic rings. The lowest BCUT2D eigenvalue weighted by molar-refractivity contribution is 0.0724. The number of hydrogen-bond acceptors (Lipinski definition) is 4. The number of likely N-dealkylation sites (tertiary alicyclic amines) is 1. The Hall–Kier alpha value is -2.11. The molecule has 1 fully saturated rings. The lowest BCUT2D eigenvalue weighted by Gasteiger charge is -2.21. The summed E-state index contributed by atoms with van der Waals surface area (Å²) in [6, 6.07) is 3.78. The van der Waals surface area contributed by atoms with Crippen molar-refractivity contribution in [1.82, 2.24) is 19.8 Å². The number of hydrogen-bond donors (Lipinski definition) is 0. The highest BCUT2D eigenvalue weighted by atomic mass is 16.5. The summed E-state index contributed by atoms with van der Waals surface area (Å²) in [6.45, 7) is 5.63. The number of aryl methyl sites for hydroxylation is 2. The van der Waals surface area contributed by atoms with Crippen molar-refractivity contribution in [2.75, 3.05) is 6.54 Å². The van der Waals surface area contributed by atoms with E-state index in [0.29, 0.717) is 5.69 Å². The topological polar surface area (TPSA) is 64.2 Å². The highest BCUT2D eigenvalue weighted by Crippen LogP contribution is 2.32. The molecule has 1 aliphatic heterocycles. The summed E-state index contributed by atoms with van der Waals surface area (Å²) >= 11 is 0. The maximum atomic E-state index is 12.7. The third-order valence-corrected chi connectivity index (χ3v) is 4.11. The van der Waals surface area contributed by atoms with E-state index in [-0.39, 0.29) is 11.9 Å². The number of carbonyl (C=O) groups is 1. The second-order valence-electron chi connectivity index (χ2n) is 5.68. The molecule has 1 atom stereocenters. The van der Waals surface area contributed by atoms with E-state index in [9.17, 15) is 4.79 Å². The Bertz CT molecular complexity index is 646. The van der Waals surface area contributed by atoms with E-state index >= 15 is 0 Å². The third-order valence-electron chi connectivity index (χ3n) is 4.11. The summed E-state index contributed by atoms with van der Waals surface area (Å²) in [5.41, 5.74) is 1.37. The van der Waals surface area contributed by atoms with Gasteiger partial charge in [0.25, 0.3) is 5.91 Å². The number of nitrogens with zero attached hydrogens (tertiary/aromatic N) is 4. The fraction of sp³-hybridized carbons (Fsp3) is 0.562. The van der Waals surface area contributed by atoms with Crippen LogP contribution in [-0.4, -0.2) is 32.3 Å². The van der Waals surface area contributed by atoms with Crippen LogP contribution < -0.4 is 0 Å². The van der Waals surface area contributed by atoms with Crippen molar-refractivity contribution < 1.29 is 9.32 Å². The van der Waals surface area contributed by atoms with Crippen LogP contribution in [0.1, 0.15) is 61.1 Å². The maximum absolute atomic E-state index is 12.7. The molecule has 1 aliphatic rings. The van der Waals surface area contributed by atoms with Crippen LogP contribution >= 0.6 is 0 Å². The molecule has 6 nitrogen and oxygen atoms in total. The van der Waals surface area contributed by atoms with Crippen molar-refractivity contribution in [3.8, 4) is 0 Å². The predicted octanol–water partition coefficient (Wildman–Crippen LogP) is 2.82. The van der Waals surface area contributed by atoms with E-state index in [1.165, 1.54) is 0 Å². The highest BCUT2D eigenvalue weighted by molar-refractivity contribution is 5.92. The Balaban J connectivity index is 1.78. The molecule has 0 bridgehead atoms. The van der Waals surface area contributed by atoms with Crippen LogP contribution in [0, 0.1) is 0 Å². The zero-order valence-corrected chi connectivity index (χ0v) is 13.2. The molecule has 2 aromatic heterocycles. The quantitative estimate of drug-likeness (QED) is 0.852. The normalized spacial score (nSPS) is 18.1. The fourth-order valence-corrected chi connectivity index (χ4v) is 2.97. The average molecular weight is 302 g/mol. The lowest BCUT2D eigenvalue weighted by Crippen LogP contribution is -2.31. The Morgan fingerprint density at radius 3 is 3.05 bits per heavy atom. The summed E-state index contributed by atoms with van der Waals surface area (Å²) in [7, 11) is 0. The second-order valence-corrected chi connectivity index (χ2v) is 5.68. The van der Waals surface area contributed by atoms with Gasteiger partial charge in [0.15, 0.2) is 0 Å². The van der Waals surface area contributed by atoms with Crippen LogP contribution in [0.3, 0.4) is 0 Å². The fourth-order valence-electron chi connectivity index (χ4n) is 2.97. The molecular formula is C16H22N4O2. The van der Waals surface area contributed by atoms with E-state index in [0.717, 1.165) is 50.2 Å². The third kappa shape index (κ3) is 2.77.